The van der Waals surface area contributed by atoms with Crippen molar-refractivity contribution >= 4 is 35.0 Å². The quantitative estimate of drug-likeness (QED) is 0.503. The van der Waals surface area contributed by atoms with Gasteiger partial charge in [-0.05, 0) is 43.5 Å². The van der Waals surface area contributed by atoms with Gasteiger partial charge < -0.3 is 19.6 Å². The summed E-state index contributed by atoms with van der Waals surface area (Å²) in [6.07, 6.45) is 4.33. The summed E-state index contributed by atoms with van der Waals surface area (Å²) >= 11 is 6.36. The molecule has 2 fully saturated rings. The van der Waals surface area contributed by atoms with Crippen LogP contribution >= 0.6 is 11.6 Å². The molecule has 3 aliphatic rings. The Bertz CT molecular complexity index is 1250. The Morgan fingerprint density at radius 2 is 1.43 bits per heavy atom. The first-order valence-corrected chi connectivity index (χ1v) is 13.8. The molecule has 0 saturated carbocycles. The fraction of sp³-hybridized carbons (Fsp3) is 0.414. The average molecular weight is 517 g/mol. The zero-order valence-electron chi connectivity index (χ0n) is 21.2. The lowest BCUT2D eigenvalue weighted by Gasteiger charge is -2.38. The highest BCUT2D eigenvalue weighted by Gasteiger charge is 2.31. The Labute approximate surface area is 223 Å². The second-order valence-corrected chi connectivity index (χ2v) is 10.5. The second-order valence-electron chi connectivity index (χ2n) is 10.1. The molecule has 6 rings (SSSR count). The molecule has 0 bridgehead atoms. The summed E-state index contributed by atoms with van der Waals surface area (Å²) in [6, 6.07) is 17.9. The number of fused-ring (bicyclic) bond motifs is 1. The summed E-state index contributed by atoms with van der Waals surface area (Å²) < 4.78 is 0. The van der Waals surface area contributed by atoms with E-state index < -0.39 is 0 Å². The molecule has 0 spiro atoms. The van der Waals surface area contributed by atoms with Crippen molar-refractivity contribution in [3.05, 3.63) is 76.4 Å². The van der Waals surface area contributed by atoms with Crippen molar-refractivity contribution in [2.24, 2.45) is 0 Å². The number of carbonyl (C=O) groups is 1. The SMILES string of the molecule is O=C(c1ccccc1Cl)N1CCc2nc(N3CCN(c4ccccc4)CC3)nc(N3CCCCC3)c2C1. The lowest BCUT2D eigenvalue weighted by molar-refractivity contribution is 0.0734. The van der Waals surface area contributed by atoms with Gasteiger partial charge in [0.1, 0.15) is 5.82 Å². The molecule has 3 aromatic rings. The van der Waals surface area contributed by atoms with Crippen LogP contribution in [0.1, 0.15) is 40.9 Å². The minimum atomic E-state index is -0.0260. The number of piperidine rings is 1. The monoisotopic (exact) mass is 516 g/mol. The van der Waals surface area contributed by atoms with Gasteiger partial charge in [0.05, 0.1) is 22.8 Å². The minimum Gasteiger partial charge on any atom is -0.368 e. The zero-order valence-corrected chi connectivity index (χ0v) is 21.9. The Morgan fingerprint density at radius 1 is 0.730 bits per heavy atom. The standard InChI is InChI=1S/C29H33ClN6O/c30-25-12-6-5-11-23(25)28(37)36-16-13-26-24(21-36)27(34-14-7-2-8-15-34)32-29(31-26)35-19-17-33(18-20-35)22-9-3-1-4-10-22/h1,3-6,9-12H,2,7-8,13-21H2. The molecular formula is C29H33ClN6O. The molecule has 37 heavy (non-hydrogen) atoms. The fourth-order valence-corrected chi connectivity index (χ4v) is 5.89. The van der Waals surface area contributed by atoms with Gasteiger partial charge in [-0.25, -0.2) is 4.98 Å². The lowest BCUT2D eigenvalue weighted by Crippen LogP contribution is -2.47. The smallest absolute Gasteiger partial charge is 0.255 e. The topological polar surface area (TPSA) is 55.8 Å². The lowest BCUT2D eigenvalue weighted by atomic mass is 10.0. The largest absolute Gasteiger partial charge is 0.368 e. The molecule has 0 unspecified atom stereocenters. The van der Waals surface area contributed by atoms with Crippen LogP contribution in [-0.2, 0) is 13.0 Å². The van der Waals surface area contributed by atoms with Crippen LogP contribution in [0.25, 0.3) is 0 Å². The Morgan fingerprint density at radius 3 is 2.19 bits per heavy atom. The summed E-state index contributed by atoms with van der Waals surface area (Å²) in [5.74, 6) is 1.82. The Balaban J connectivity index is 1.26. The van der Waals surface area contributed by atoms with Gasteiger partial charge in [-0.2, -0.15) is 4.98 Å². The van der Waals surface area contributed by atoms with Crippen LogP contribution in [0.2, 0.25) is 5.02 Å². The van der Waals surface area contributed by atoms with E-state index in [2.05, 4.69) is 45.0 Å². The molecule has 7 nitrogen and oxygen atoms in total. The van der Waals surface area contributed by atoms with E-state index in [0.717, 1.165) is 68.7 Å². The van der Waals surface area contributed by atoms with Crippen molar-refractivity contribution in [1.29, 1.82) is 0 Å². The number of hydrogen-bond acceptors (Lipinski definition) is 6. The molecule has 0 atom stereocenters. The third-order valence-electron chi connectivity index (χ3n) is 7.76. The number of halogens is 1. The molecule has 3 aliphatic heterocycles. The van der Waals surface area contributed by atoms with E-state index in [1.807, 2.05) is 17.0 Å². The van der Waals surface area contributed by atoms with Crippen molar-refractivity contribution < 1.29 is 4.79 Å². The summed E-state index contributed by atoms with van der Waals surface area (Å²) in [5, 5.41) is 0.496. The van der Waals surface area contributed by atoms with E-state index in [0.29, 0.717) is 23.7 Å². The van der Waals surface area contributed by atoms with E-state index >= 15 is 0 Å². The van der Waals surface area contributed by atoms with Gasteiger partial charge in [0, 0.05) is 63.5 Å². The molecule has 8 heteroatoms. The summed E-state index contributed by atoms with van der Waals surface area (Å²) in [5.41, 5.74) is 4.01. The molecule has 0 aliphatic carbocycles. The van der Waals surface area contributed by atoms with Gasteiger partial charge in [-0.1, -0.05) is 41.9 Å². The van der Waals surface area contributed by atoms with E-state index in [4.69, 9.17) is 21.6 Å². The molecule has 0 N–H and O–H groups in total. The van der Waals surface area contributed by atoms with Crippen molar-refractivity contribution in [2.45, 2.75) is 32.2 Å². The number of rotatable bonds is 4. The third kappa shape index (κ3) is 4.97. The number of benzene rings is 2. The van der Waals surface area contributed by atoms with Crippen molar-refractivity contribution in [3.63, 3.8) is 0 Å². The van der Waals surface area contributed by atoms with Crippen LogP contribution in [-0.4, -0.2) is 66.6 Å². The predicted molar refractivity (Wildman–Crippen MR) is 149 cm³/mol. The first-order valence-electron chi connectivity index (χ1n) is 13.4. The summed E-state index contributed by atoms with van der Waals surface area (Å²) in [7, 11) is 0. The molecular weight excluding hydrogens is 484 g/mol. The first kappa shape index (κ1) is 24.0. The van der Waals surface area contributed by atoms with Crippen LogP contribution in [0.15, 0.2) is 54.6 Å². The van der Waals surface area contributed by atoms with Gasteiger partial charge in [-0.3, -0.25) is 4.79 Å². The van der Waals surface area contributed by atoms with Gasteiger partial charge >= 0.3 is 0 Å². The molecule has 1 amide bonds. The minimum absolute atomic E-state index is 0.0260. The maximum Gasteiger partial charge on any atom is 0.255 e. The molecule has 1 aromatic heterocycles. The predicted octanol–water partition coefficient (Wildman–Crippen LogP) is 4.65. The highest BCUT2D eigenvalue weighted by atomic mass is 35.5. The van der Waals surface area contributed by atoms with E-state index in [1.54, 1.807) is 12.1 Å². The highest BCUT2D eigenvalue weighted by Crippen LogP contribution is 2.32. The normalized spacial score (nSPS) is 18.1. The fourth-order valence-electron chi connectivity index (χ4n) is 5.67. The summed E-state index contributed by atoms with van der Waals surface area (Å²) in [4.78, 5) is 32.7. The highest BCUT2D eigenvalue weighted by molar-refractivity contribution is 6.33. The first-order chi connectivity index (χ1) is 18.2. The van der Waals surface area contributed by atoms with E-state index in [1.165, 1.54) is 24.9 Å². The Kier molecular flexibility index (Phi) is 6.87. The van der Waals surface area contributed by atoms with Crippen molar-refractivity contribution in [1.82, 2.24) is 14.9 Å². The van der Waals surface area contributed by atoms with Crippen molar-refractivity contribution in [2.75, 3.05) is 60.5 Å². The number of hydrogen-bond donors (Lipinski definition) is 0. The van der Waals surface area contributed by atoms with E-state index in [-0.39, 0.29) is 5.91 Å². The van der Waals surface area contributed by atoms with Crippen LogP contribution in [0.3, 0.4) is 0 Å². The van der Waals surface area contributed by atoms with Crippen LogP contribution in [0.4, 0.5) is 17.5 Å². The number of aromatic nitrogens is 2. The van der Waals surface area contributed by atoms with Crippen LogP contribution < -0.4 is 14.7 Å². The second kappa shape index (κ2) is 10.6. The molecule has 2 aromatic carbocycles. The number of para-hydroxylation sites is 1. The van der Waals surface area contributed by atoms with Gasteiger partial charge in [-0.15, -0.1) is 0 Å². The van der Waals surface area contributed by atoms with Gasteiger partial charge in [0.15, 0.2) is 0 Å². The number of nitrogens with zero attached hydrogens (tertiary/aromatic N) is 6. The number of amides is 1. The molecule has 192 valence electrons. The van der Waals surface area contributed by atoms with Crippen LogP contribution in [0, 0.1) is 0 Å². The molecule has 2 saturated heterocycles. The van der Waals surface area contributed by atoms with E-state index in [9.17, 15) is 4.79 Å². The maximum absolute atomic E-state index is 13.4. The molecule has 0 radical (unpaired) electrons. The third-order valence-corrected chi connectivity index (χ3v) is 8.09. The zero-order chi connectivity index (χ0) is 25.2. The number of anilines is 3. The average Bonchev–Trinajstić information content (AvgIpc) is 2.97. The van der Waals surface area contributed by atoms with Gasteiger partial charge in [0.25, 0.3) is 5.91 Å². The maximum atomic E-state index is 13.4. The van der Waals surface area contributed by atoms with Crippen LogP contribution in [0.5, 0.6) is 0 Å². The van der Waals surface area contributed by atoms with Crippen molar-refractivity contribution in [3.8, 4) is 0 Å². The summed E-state index contributed by atoms with van der Waals surface area (Å²) in [6.45, 7) is 6.84. The molecule has 4 heterocycles. The number of piperazine rings is 1. The Hall–Kier alpha value is -3.32. The van der Waals surface area contributed by atoms with Gasteiger partial charge in [0.2, 0.25) is 5.95 Å². The number of carbonyl (C=O) groups excluding carboxylic acids is 1.